The summed E-state index contributed by atoms with van der Waals surface area (Å²) in [6.45, 7) is 0. The Hall–Kier alpha value is -1.44. The number of phenolic OH excluding ortho intramolecular Hbond substituents is 1. The maximum absolute atomic E-state index is 10.3. The van der Waals surface area contributed by atoms with Crippen LogP contribution in [-0.2, 0) is 11.8 Å². The highest BCUT2D eigenvalue weighted by atomic mass is 16.5. The fraction of sp³-hybridized carbons (Fsp3) is 0.579. The minimum atomic E-state index is 0.145. The van der Waals surface area contributed by atoms with Crippen LogP contribution in [0.25, 0.3) is 0 Å². The van der Waals surface area contributed by atoms with E-state index in [0.717, 1.165) is 36.3 Å². The number of hydrogen-bond donors (Lipinski definition) is 1. The Kier molecular flexibility index (Phi) is 1.76. The zero-order valence-corrected chi connectivity index (χ0v) is 12.1. The average Bonchev–Trinajstić information content (AvgIpc) is 2.87. The third-order valence-corrected chi connectivity index (χ3v) is 7.18. The number of fused-ring (bicyclic) bond motifs is 1. The molecule has 1 spiro atoms. The Morgan fingerprint density at radius 1 is 1.19 bits per heavy atom. The molecule has 0 amide bonds. The maximum Gasteiger partial charge on any atom is 0.165 e. The number of rotatable bonds is 0. The molecule has 2 nitrogen and oxygen atoms in total. The first-order valence-corrected chi connectivity index (χ1v) is 8.54. The summed E-state index contributed by atoms with van der Waals surface area (Å²) >= 11 is 0. The number of aromatic hydroxyl groups is 1. The van der Waals surface area contributed by atoms with Gasteiger partial charge in [-0.25, -0.2) is 0 Å². The fourth-order valence-corrected chi connectivity index (χ4v) is 6.78. The van der Waals surface area contributed by atoms with Gasteiger partial charge in [0, 0.05) is 5.56 Å². The summed E-state index contributed by atoms with van der Waals surface area (Å²) in [5.41, 5.74) is 4.70. The molecule has 1 aromatic rings. The highest BCUT2D eigenvalue weighted by Crippen LogP contribution is 2.72. The van der Waals surface area contributed by atoms with E-state index in [4.69, 9.17) is 4.74 Å². The predicted octanol–water partition coefficient (Wildman–Crippen LogP) is 3.71. The van der Waals surface area contributed by atoms with E-state index in [1.54, 1.807) is 5.57 Å². The van der Waals surface area contributed by atoms with Crippen molar-refractivity contribution in [1.82, 2.24) is 0 Å². The standard InChI is InChI=1S/C19H20O2/c20-15-8-7-10-9-12-11-3-1-4-14(12)19-13(11)5-2-6-16(19)21-18(15)17(10)19/h5,7-8,11-12,14,16,20H,1-4,6,9H2/t11-,12?,14?,16+,19+/m1/s1. The van der Waals surface area contributed by atoms with Crippen LogP contribution in [-0.4, -0.2) is 11.2 Å². The normalized spacial score (nSPS) is 44.1. The molecular weight excluding hydrogens is 260 g/mol. The highest BCUT2D eigenvalue weighted by Gasteiger charge is 2.69. The lowest BCUT2D eigenvalue weighted by molar-refractivity contribution is 0.0888. The van der Waals surface area contributed by atoms with Crippen LogP contribution in [0.15, 0.2) is 23.8 Å². The second-order valence-corrected chi connectivity index (χ2v) is 7.67. The molecule has 2 heteroatoms. The zero-order valence-electron chi connectivity index (χ0n) is 12.1. The summed E-state index contributed by atoms with van der Waals surface area (Å²) in [5, 5.41) is 10.3. The van der Waals surface area contributed by atoms with Gasteiger partial charge in [-0.1, -0.05) is 24.1 Å². The summed E-state index contributed by atoms with van der Waals surface area (Å²) < 4.78 is 6.37. The van der Waals surface area contributed by atoms with Gasteiger partial charge in [0.05, 0.1) is 5.41 Å². The minimum Gasteiger partial charge on any atom is -0.504 e. The molecule has 0 saturated heterocycles. The summed E-state index contributed by atoms with van der Waals surface area (Å²) in [6.07, 6.45) is 10.4. The number of ether oxygens (including phenoxy) is 1. The number of hydrogen-bond acceptors (Lipinski definition) is 2. The van der Waals surface area contributed by atoms with Gasteiger partial charge in [-0.2, -0.15) is 0 Å². The second-order valence-electron chi connectivity index (χ2n) is 7.67. The summed E-state index contributed by atoms with van der Waals surface area (Å²) in [5.74, 6) is 3.57. The van der Waals surface area contributed by atoms with Crippen molar-refractivity contribution in [3.05, 3.63) is 34.9 Å². The van der Waals surface area contributed by atoms with Gasteiger partial charge in [0.2, 0.25) is 0 Å². The van der Waals surface area contributed by atoms with Crippen molar-refractivity contribution in [2.24, 2.45) is 17.8 Å². The van der Waals surface area contributed by atoms with E-state index >= 15 is 0 Å². The average molecular weight is 280 g/mol. The van der Waals surface area contributed by atoms with Crippen LogP contribution < -0.4 is 4.74 Å². The molecule has 5 atom stereocenters. The Labute approximate surface area is 124 Å². The van der Waals surface area contributed by atoms with Gasteiger partial charge in [-0.3, -0.25) is 0 Å². The zero-order chi connectivity index (χ0) is 13.8. The third kappa shape index (κ3) is 0.994. The molecule has 4 bridgehead atoms. The predicted molar refractivity (Wildman–Crippen MR) is 79.5 cm³/mol. The maximum atomic E-state index is 10.3. The monoisotopic (exact) mass is 280 g/mol. The van der Waals surface area contributed by atoms with Crippen molar-refractivity contribution >= 4 is 0 Å². The van der Waals surface area contributed by atoms with E-state index in [9.17, 15) is 5.11 Å². The number of benzene rings is 1. The van der Waals surface area contributed by atoms with E-state index in [0.29, 0.717) is 5.75 Å². The molecule has 108 valence electrons. The molecule has 1 aromatic carbocycles. The second kappa shape index (κ2) is 3.31. The largest absolute Gasteiger partial charge is 0.504 e. The van der Waals surface area contributed by atoms with E-state index in [2.05, 4.69) is 12.1 Å². The minimum absolute atomic E-state index is 0.145. The van der Waals surface area contributed by atoms with Crippen molar-refractivity contribution in [3.63, 3.8) is 0 Å². The lowest BCUT2D eigenvalue weighted by Crippen LogP contribution is -2.47. The number of phenols is 1. The smallest absolute Gasteiger partial charge is 0.165 e. The molecule has 4 aliphatic carbocycles. The van der Waals surface area contributed by atoms with Crippen molar-refractivity contribution in [2.75, 3.05) is 0 Å². The van der Waals surface area contributed by atoms with Crippen molar-refractivity contribution in [1.29, 1.82) is 0 Å². The molecule has 21 heavy (non-hydrogen) atoms. The van der Waals surface area contributed by atoms with Crippen LogP contribution in [0.1, 0.15) is 43.2 Å². The molecule has 1 aliphatic heterocycles. The van der Waals surface area contributed by atoms with Crippen LogP contribution in [0.3, 0.4) is 0 Å². The van der Waals surface area contributed by atoms with Crippen molar-refractivity contribution < 1.29 is 9.84 Å². The quantitative estimate of drug-likeness (QED) is 0.734. The van der Waals surface area contributed by atoms with E-state index in [1.165, 1.54) is 36.8 Å². The summed E-state index contributed by atoms with van der Waals surface area (Å²) in [7, 11) is 0. The first-order chi connectivity index (χ1) is 10.3. The first-order valence-electron chi connectivity index (χ1n) is 8.54. The van der Waals surface area contributed by atoms with Crippen LogP contribution in [0.5, 0.6) is 11.5 Å². The van der Waals surface area contributed by atoms with Crippen molar-refractivity contribution in [2.45, 2.75) is 50.0 Å². The molecule has 2 saturated carbocycles. The lowest BCUT2D eigenvalue weighted by atomic mass is 9.58. The lowest BCUT2D eigenvalue weighted by Gasteiger charge is -2.44. The van der Waals surface area contributed by atoms with E-state index in [-0.39, 0.29) is 11.5 Å². The van der Waals surface area contributed by atoms with Gasteiger partial charge in [-0.05, 0) is 61.5 Å². The first kappa shape index (κ1) is 11.2. The molecule has 5 aliphatic rings. The van der Waals surface area contributed by atoms with Gasteiger partial charge < -0.3 is 9.84 Å². The van der Waals surface area contributed by atoms with Gasteiger partial charge in [0.15, 0.2) is 11.5 Å². The highest BCUT2D eigenvalue weighted by molar-refractivity contribution is 5.66. The topological polar surface area (TPSA) is 29.5 Å². The van der Waals surface area contributed by atoms with Gasteiger partial charge in [-0.15, -0.1) is 0 Å². The third-order valence-electron chi connectivity index (χ3n) is 7.18. The molecule has 2 fully saturated rings. The Bertz CT molecular complexity index is 704. The van der Waals surface area contributed by atoms with Crippen LogP contribution >= 0.6 is 0 Å². The van der Waals surface area contributed by atoms with E-state index < -0.39 is 0 Å². The SMILES string of the molecule is Oc1ccc2c3c1O[C@H]1CCC=C4[C@@H]5CCCC(C5C2)[C@]431. The molecular formula is C19H20O2. The molecule has 0 aromatic heterocycles. The Balaban J connectivity index is 1.76. The van der Waals surface area contributed by atoms with Gasteiger partial charge in [0.25, 0.3) is 0 Å². The van der Waals surface area contributed by atoms with Crippen LogP contribution in [0.2, 0.25) is 0 Å². The van der Waals surface area contributed by atoms with Gasteiger partial charge >= 0.3 is 0 Å². The van der Waals surface area contributed by atoms with E-state index in [1.807, 2.05) is 6.07 Å². The summed E-state index contributed by atoms with van der Waals surface area (Å²) in [6, 6.07) is 4.02. The number of allylic oxidation sites excluding steroid dienone is 1. The molecule has 6 rings (SSSR count). The summed E-state index contributed by atoms with van der Waals surface area (Å²) in [4.78, 5) is 0. The molecule has 1 N–H and O–H groups in total. The molecule has 1 heterocycles. The Morgan fingerprint density at radius 3 is 3.10 bits per heavy atom. The van der Waals surface area contributed by atoms with Crippen molar-refractivity contribution in [3.8, 4) is 11.5 Å². The van der Waals surface area contributed by atoms with Gasteiger partial charge in [0.1, 0.15) is 6.10 Å². The van der Waals surface area contributed by atoms with Crippen LogP contribution in [0.4, 0.5) is 0 Å². The molecule has 0 radical (unpaired) electrons. The van der Waals surface area contributed by atoms with Crippen LogP contribution in [0, 0.1) is 17.8 Å². The molecule has 2 unspecified atom stereocenters. The fourth-order valence-electron chi connectivity index (χ4n) is 6.78. The Morgan fingerprint density at radius 2 is 2.14 bits per heavy atom.